The molecule has 56 heavy (non-hydrogen) atoms. The summed E-state index contributed by atoms with van der Waals surface area (Å²) in [6.45, 7) is 0.917. The standard InChI is InChI=1S/C37H31F6N7O4S2/c38-36(39,40)28-3-1-2-24(16-28)25-4-6-33(54-32-7-5-30(18-27(32)20-44)56(52,53)49-35-47-22-48-55-35)31(19-25)26-9-13-46-29(17-26)21-45-12-8-23-10-14-50(15-11-23)34(51)37(41,42)43/h1-7,9,13,16-19,22-23,45H,8,10-12,14-15,21H2,(H,47,48,49). The van der Waals surface area contributed by atoms with E-state index in [0.29, 0.717) is 54.7 Å². The molecule has 2 aromatic heterocycles. The van der Waals surface area contributed by atoms with Gasteiger partial charge in [-0.3, -0.25) is 14.5 Å². The number of carbonyl (C=O) groups is 1. The van der Waals surface area contributed by atoms with Crippen molar-refractivity contribution in [2.24, 2.45) is 5.92 Å². The fraction of sp³-hybridized carbons (Fsp3) is 0.270. The summed E-state index contributed by atoms with van der Waals surface area (Å²) in [4.78, 5) is 20.4. The third-order valence-corrected chi connectivity index (χ3v) is 11.0. The average Bonchev–Trinajstić information content (AvgIpc) is 3.68. The fourth-order valence-corrected chi connectivity index (χ4v) is 7.82. The molecule has 1 aliphatic rings. The zero-order valence-electron chi connectivity index (χ0n) is 29.1. The van der Waals surface area contributed by atoms with Crippen molar-refractivity contribution in [2.75, 3.05) is 24.4 Å². The highest BCUT2D eigenvalue weighted by Crippen LogP contribution is 2.40. The number of anilines is 1. The number of rotatable bonds is 12. The van der Waals surface area contributed by atoms with E-state index in [9.17, 15) is 44.8 Å². The molecule has 0 saturated carbocycles. The van der Waals surface area contributed by atoms with Crippen LogP contribution >= 0.6 is 11.5 Å². The minimum absolute atomic E-state index is 0.0139. The minimum Gasteiger partial charge on any atom is -0.455 e. The van der Waals surface area contributed by atoms with Gasteiger partial charge in [0.15, 0.2) is 0 Å². The summed E-state index contributed by atoms with van der Waals surface area (Å²) >= 11 is 0.829. The zero-order valence-corrected chi connectivity index (χ0v) is 30.7. The van der Waals surface area contributed by atoms with Crippen molar-refractivity contribution in [2.45, 2.75) is 43.1 Å². The molecule has 6 rings (SSSR count). The number of nitrogens with one attached hydrogen (secondary N) is 2. The number of alkyl halides is 6. The Morgan fingerprint density at radius 2 is 1.68 bits per heavy atom. The van der Waals surface area contributed by atoms with Crippen LogP contribution in [0.5, 0.6) is 11.5 Å². The number of amides is 1. The fourth-order valence-electron chi connectivity index (χ4n) is 6.13. The van der Waals surface area contributed by atoms with Crippen LogP contribution in [0.2, 0.25) is 0 Å². The third kappa shape index (κ3) is 9.80. The molecule has 3 heterocycles. The van der Waals surface area contributed by atoms with Crippen molar-refractivity contribution in [1.29, 1.82) is 5.26 Å². The van der Waals surface area contributed by atoms with E-state index in [1.54, 1.807) is 36.5 Å². The zero-order chi connectivity index (χ0) is 40.1. The van der Waals surface area contributed by atoms with Crippen molar-refractivity contribution >= 4 is 32.6 Å². The number of hydrogen-bond acceptors (Lipinski definition) is 10. The molecular weight excluding hydrogens is 785 g/mol. The Balaban J connectivity index is 1.23. The normalized spacial score (nSPS) is 14.0. The molecule has 1 amide bonds. The van der Waals surface area contributed by atoms with Gasteiger partial charge in [-0.1, -0.05) is 18.2 Å². The second-order valence-corrected chi connectivity index (χ2v) is 15.2. The van der Waals surface area contributed by atoms with E-state index in [2.05, 4.69) is 24.4 Å². The van der Waals surface area contributed by atoms with Gasteiger partial charge in [-0.2, -0.15) is 36.0 Å². The lowest BCUT2D eigenvalue weighted by Gasteiger charge is -2.32. The van der Waals surface area contributed by atoms with E-state index < -0.39 is 33.8 Å². The van der Waals surface area contributed by atoms with Crippen LogP contribution in [0.3, 0.4) is 0 Å². The predicted octanol–water partition coefficient (Wildman–Crippen LogP) is 8.03. The van der Waals surface area contributed by atoms with Crippen LogP contribution < -0.4 is 14.8 Å². The predicted molar refractivity (Wildman–Crippen MR) is 194 cm³/mol. The molecule has 11 nitrogen and oxygen atoms in total. The molecule has 5 aromatic rings. The highest BCUT2D eigenvalue weighted by molar-refractivity contribution is 7.93. The molecule has 2 N–H and O–H groups in total. The maximum atomic E-state index is 13.6. The van der Waals surface area contributed by atoms with Crippen LogP contribution in [0, 0.1) is 17.2 Å². The van der Waals surface area contributed by atoms with Crippen LogP contribution in [0.25, 0.3) is 22.3 Å². The van der Waals surface area contributed by atoms with Crippen molar-refractivity contribution in [3.63, 3.8) is 0 Å². The highest BCUT2D eigenvalue weighted by Gasteiger charge is 2.43. The van der Waals surface area contributed by atoms with Gasteiger partial charge in [0.1, 0.15) is 23.9 Å². The summed E-state index contributed by atoms with van der Waals surface area (Å²) in [5.74, 6) is -1.46. The van der Waals surface area contributed by atoms with E-state index in [-0.39, 0.29) is 51.7 Å². The summed E-state index contributed by atoms with van der Waals surface area (Å²) in [5.41, 5.74) is 1.37. The number of piperidine rings is 1. The SMILES string of the molecule is N#Cc1cc(S(=O)(=O)Nc2ncns2)ccc1Oc1ccc(-c2cccc(C(F)(F)F)c2)cc1-c1ccnc(CNCCC2CCN(C(=O)C(F)(F)F)CC2)c1. The number of aromatic nitrogens is 3. The molecule has 0 unspecified atom stereocenters. The van der Waals surface area contributed by atoms with Crippen LogP contribution in [0.4, 0.5) is 31.5 Å². The summed E-state index contributed by atoms with van der Waals surface area (Å²) < 4.78 is 117. The molecule has 0 atom stereocenters. The molecule has 1 aliphatic heterocycles. The number of hydrogen-bond donors (Lipinski definition) is 2. The molecule has 292 valence electrons. The summed E-state index contributed by atoms with van der Waals surface area (Å²) in [7, 11) is -4.13. The molecule has 19 heteroatoms. The van der Waals surface area contributed by atoms with Gasteiger partial charge >= 0.3 is 18.3 Å². The van der Waals surface area contributed by atoms with Crippen LogP contribution in [-0.2, 0) is 27.5 Å². The number of benzene rings is 3. The van der Waals surface area contributed by atoms with Gasteiger partial charge in [-0.25, -0.2) is 13.4 Å². The number of sulfonamides is 1. The number of carbonyl (C=O) groups excluding carboxylic acids is 1. The molecule has 1 fully saturated rings. The van der Waals surface area contributed by atoms with Crippen molar-refractivity contribution < 1.29 is 44.3 Å². The Kier molecular flexibility index (Phi) is 11.9. The van der Waals surface area contributed by atoms with Crippen LogP contribution in [0.15, 0.2) is 90.2 Å². The number of ether oxygens (including phenoxy) is 1. The number of likely N-dealkylation sites (tertiary alicyclic amines) is 1. The van der Waals surface area contributed by atoms with Crippen molar-refractivity contribution in [3.05, 3.63) is 102 Å². The van der Waals surface area contributed by atoms with Gasteiger partial charge in [-0.05, 0) is 103 Å². The van der Waals surface area contributed by atoms with Crippen LogP contribution in [0.1, 0.15) is 36.1 Å². The second kappa shape index (κ2) is 16.6. The lowest BCUT2D eigenvalue weighted by Crippen LogP contribution is -2.45. The van der Waals surface area contributed by atoms with E-state index in [1.807, 2.05) is 6.07 Å². The molecule has 1 saturated heterocycles. The van der Waals surface area contributed by atoms with E-state index in [1.165, 1.54) is 30.6 Å². The second-order valence-electron chi connectivity index (χ2n) is 12.7. The number of halogens is 6. The quantitative estimate of drug-likeness (QED) is 0.0943. The Labute approximate surface area is 321 Å². The Morgan fingerprint density at radius 3 is 2.38 bits per heavy atom. The van der Waals surface area contributed by atoms with Gasteiger partial charge in [0.25, 0.3) is 10.0 Å². The summed E-state index contributed by atoms with van der Waals surface area (Å²) in [5, 5.41) is 13.3. The Hall–Kier alpha value is -5.58. The first-order chi connectivity index (χ1) is 26.6. The minimum atomic E-state index is -4.89. The van der Waals surface area contributed by atoms with E-state index >= 15 is 0 Å². The number of nitriles is 1. The highest BCUT2D eigenvalue weighted by atomic mass is 32.2. The summed E-state index contributed by atoms with van der Waals surface area (Å²) in [6, 6.07) is 18.7. The maximum absolute atomic E-state index is 13.6. The number of nitrogens with zero attached hydrogens (tertiary/aromatic N) is 5. The maximum Gasteiger partial charge on any atom is 0.471 e. The van der Waals surface area contributed by atoms with Gasteiger partial charge in [0, 0.05) is 42.9 Å². The van der Waals surface area contributed by atoms with Gasteiger partial charge in [-0.15, -0.1) is 0 Å². The lowest BCUT2D eigenvalue weighted by molar-refractivity contribution is -0.186. The number of pyridine rings is 1. The van der Waals surface area contributed by atoms with Gasteiger partial charge in [0.05, 0.1) is 21.7 Å². The molecule has 0 aliphatic carbocycles. The first kappa shape index (κ1) is 40.1. The smallest absolute Gasteiger partial charge is 0.455 e. The molecule has 0 spiro atoms. The topological polar surface area (TPSA) is 150 Å². The van der Waals surface area contributed by atoms with E-state index in [0.717, 1.165) is 34.6 Å². The van der Waals surface area contributed by atoms with Crippen molar-refractivity contribution in [1.82, 2.24) is 24.6 Å². The van der Waals surface area contributed by atoms with E-state index in [4.69, 9.17) is 4.74 Å². The third-order valence-electron chi connectivity index (χ3n) is 8.99. The molecule has 0 bridgehead atoms. The molecular formula is C37H31F6N7O4S2. The Bertz CT molecular complexity index is 2340. The monoisotopic (exact) mass is 815 g/mol. The van der Waals surface area contributed by atoms with Crippen LogP contribution in [-0.4, -0.2) is 59.4 Å². The van der Waals surface area contributed by atoms with Crippen molar-refractivity contribution in [3.8, 4) is 39.8 Å². The largest absolute Gasteiger partial charge is 0.471 e. The van der Waals surface area contributed by atoms with Gasteiger partial charge < -0.3 is 15.0 Å². The first-order valence-electron chi connectivity index (χ1n) is 17.0. The summed E-state index contributed by atoms with van der Waals surface area (Å²) in [6.07, 6.45) is -5.15. The average molecular weight is 816 g/mol. The molecule has 3 aromatic carbocycles. The molecule has 0 radical (unpaired) electrons. The first-order valence-corrected chi connectivity index (χ1v) is 19.2. The lowest BCUT2D eigenvalue weighted by atomic mass is 9.93. The Morgan fingerprint density at radius 1 is 0.929 bits per heavy atom. The van der Waals surface area contributed by atoms with Gasteiger partial charge in [0.2, 0.25) is 5.13 Å².